The van der Waals surface area contributed by atoms with E-state index >= 15 is 0 Å². The van der Waals surface area contributed by atoms with E-state index in [1.54, 1.807) is 13.0 Å². The number of aromatic nitrogens is 3. The van der Waals surface area contributed by atoms with Crippen molar-refractivity contribution < 1.29 is 9.32 Å². The zero-order chi connectivity index (χ0) is 13.8. The van der Waals surface area contributed by atoms with Crippen LogP contribution in [0.1, 0.15) is 27.8 Å². The van der Waals surface area contributed by atoms with Gasteiger partial charge < -0.3 is 9.84 Å². The summed E-state index contributed by atoms with van der Waals surface area (Å²) in [6.45, 7) is 3.94. The Bertz CT molecular complexity index is 597. The summed E-state index contributed by atoms with van der Waals surface area (Å²) in [7, 11) is 0. The van der Waals surface area contributed by atoms with Crippen LogP contribution < -0.4 is 5.32 Å². The fourth-order valence-electron chi connectivity index (χ4n) is 1.51. The van der Waals surface area contributed by atoms with Gasteiger partial charge in [0.25, 0.3) is 5.91 Å². The first-order chi connectivity index (χ1) is 9.06. The molecular formula is C12H13ClN4O2. The minimum absolute atomic E-state index is 0.270. The molecule has 2 aromatic rings. The summed E-state index contributed by atoms with van der Waals surface area (Å²) in [5, 5.41) is 6.78. The second-order valence-corrected chi connectivity index (χ2v) is 4.45. The van der Waals surface area contributed by atoms with Gasteiger partial charge in [0.05, 0.1) is 10.6 Å². The van der Waals surface area contributed by atoms with Gasteiger partial charge >= 0.3 is 0 Å². The number of amides is 1. The number of pyridine rings is 1. The molecule has 0 aliphatic rings. The van der Waals surface area contributed by atoms with E-state index in [2.05, 4.69) is 20.4 Å². The third-order valence-corrected chi connectivity index (χ3v) is 2.74. The fraction of sp³-hybridized carbons (Fsp3) is 0.333. The first-order valence-corrected chi connectivity index (χ1v) is 6.13. The predicted molar refractivity (Wildman–Crippen MR) is 69.1 cm³/mol. The lowest BCUT2D eigenvalue weighted by molar-refractivity contribution is 0.0953. The molecule has 0 radical (unpaired) electrons. The van der Waals surface area contributed by atoms with Crippen molar-refractivity contribution in [1.82, 2.24) is 20.4 Å². The number of halogens is 1. The molecule has 0 bridgehead atoms. The number of hydrogen-bond acceptors (Lipinski definition) is 5. The summed E-state index contributed by atoms with van der Waals surface area (Å²) in [5.74, 6) is 0.798. The second kappa shape index (κ2) is 5.79. The van der Waals surface area contributed by atoms with Gasteiger partial charge in [0.2, 0.25) is 5.89 Å². The van der Waals surface area contributed by atoms with Gasteiger partial charge in [-0.05, 0) is 19.9 Å². The Kier molecular flexibility index (Phi) is 4.11. The molecule has 2 aromatic heterocycles. The molecule has 0 aliphatic heterocycles. The largest absolute Gasteiger partial charge is 0.351 e. The molecule has 0 atom stereocenters. The Balaban J connectivity index is 1.90. The van der Waals surface area contributed by atoms with Gasteiger partial charge in [0, 0.05) is 24.9 Å². The second-order valence-electron chi connectivity index (χ2n) is 4.05. The molecular weight excluding hydrogens is 268 g/mol. The van der Waals surface area contributed by atoms with Crippen LogP contribution in [-0.4, -0.2) is 27.6 Å². The number of carbonyl (C=O) groups excluding carboxylic acids is 1. The Morgan fingerprint density at radius 1 is 1.47 bits per heavy atom. The molecule has 0 aliphatic carbocycles. The molecule has 2 rings (SSSR count). The van der Waals surface area contributed by atoms with Crippen LogP contribution in [0, 0.1) is 13.8 Å². The number of hydrogen-bond donors (Lipinski definition) is 1. The maximum atomic E-state index is 11.9. The summed E-state index contributed by atoms with van der Waals surface area (Å²) >= 11 is 5.98. The molecule has 1 amide bonds. The Labute approximate surface area is 115 Å². The first kappa shape index (κ1) is 13.5. The third-order valence-electron chi connectivity index (χ3n) is 2.43. The molecule has 1 N–H and O–H groups in total. The van der Waals surface area contributed by atoms with Crippen molar-refractivity contribution in [2.75, 3.05) is 6.54 Å². The fourth-order valence-corrected chi connectivity index (χ4v) is 1.81. The smallest absolute Gasteiger partial charge is 0.254 e. The molecule has 19 heavy (non-hydrogen) atoms. The highest BCUT2D eigenvalue weighted by Crippen LogP contribution is 2.15. The van der Waals surface area contributed by atoms with Crippen LogP contribution in [0.2, 0.25) is 5.02 Å². The summed E-state index contributed by atoms with van der Waals surface area (Å²) in [4.78, 5) is 20.0. The Morgan fingerprint density at radius 3 is 2.89 bits per heavy atom. The number of nitrogens with zero attached hydrogens (tertiary/aromatic N) is 3. The quantitative estimate of drug-likeness (QED) is 0.922. The Hall–Kier alpha value is -1.95. The van der Waals surface area contributed by atoms with Crippen LogP contribution >= 0.6 is 11.6 Å². The molecule has 0 saturated heterocycles. The molecule has 6 nitrogen and oxygen atoms in total. The van der Waals surface area contributed by atoms with Gasteiger partial charge in [-0.1, -0.05) is 16.8 Å². The van der Waals surface area contributed by atoms with E-state index in [0.717, 1.165) is 5.69 Å². The van der Waals surface area contributed by atoms with Crippen molar-refractivity contribution in [3.8, 4) is 0 Å². The van der Waals surface area contributed by atoms with Gasteiger partial charge in [-0.15, -0.1) is 0 Å². The maximum Gasteiger partial charge on any atom is 0.254 e. The van der Waals surface area contributed by atoms with Gasteiger partial charge in [0.1, 0.15) is 0 Å². The highest BCUT2D eigenvalue weighted by Gasteiger charge is 2.11. The van der Waals surface area contributed by atoms with Crippen LogP contribution in [-0.2, 0) is 6.42 Å². The van der Waals surface area contributed by atoms with E-state index in [1.807, 2.05) is 6.92 Å². The topological polar surface area (TPSA) is 80.9 Å². The number of carbonyl (C=O) groups is 1. The van der Waals surface area contributed by atoms with Gasteiger partial charge in [-0.2, -0.15) is 4.98 Å². The molecule has 2 heterocycles. The van der Waals surface area contributed by atoms with Gasteiger partial charge in [-0.3, -0.25) is 9.78 Å². The molecule has 0 saturated carbocycles. The van der Waals surface area contributed by atoms with Crippen molar-refractivity contribution in [3.05, 3.63) is 40.3 Å². The molecule has 100 valence electrons. The third kappa shape index (κ3) is 3.51. The predicted octanol–water partition coefficient (Wildman–Crippen LogP) is 1.71. The van der Waals surface area contributed by atoms with E-state index in [4.69, 9.17) is 16.1 Å². The summed E-state index contributed by atoms with van der Waals surface area (Å²) < 4.78 is 4.94. The lowest BCUT2D eigenvalue weighted by Crippen LogP contribution is -2.26. The zero-order valence-electron chi connectivity index (χ0n) is 10.6. The number of nitrogens with one attached hydrogen (secondary N) is 1. The Morgan fingerprint density at radius 2 is 2.26 bits per heavy atom. The minimum Gasteiger partial charge on any atom is -0.351 e. The maximum absolute atomic E-state index is 11.9. The van der Waals surface area contributed by atoms with Crippen LogP contribution in [0.25, 0.3) is 0 Å². The number of rotatable bonds is 4. The van der Waals surface area contributed by atoms with Crippen molar-refractivity contribution in [3.63, 3.8) is 0 Å². The normalized spacial score (nSPS) is 10.5. The highest BCUT2D eigenvalue weighted by atomic mass is 35.5. The average molecular weight is 281 g/mol. The average Bonchev–Trinajstić information content (AvgIpc) is 2.75. The van der Waals surface area contributed by atoms with E-state index in [-0.39, 0.29) is 5.91 Å². The molecule has 0 spiro atoms. The first-order valence-electron chi connectivity index (χ1n) is 5.76. The highest BCUT2D eigenvalue weighted by molar-refractivity contribution is 6.33. The monoisotopic (exact) mass is 280 g/mol. The minimum atomic E-state index is -0.270. The van der Waals surface area contributed by atoms with E-state index < -0.39 is 0 Å². The standard InChI is InChI=1S/C12H13ClN4O2/c1-7-5-10(13)9(6-15-7)12(18)14-4-3-11-16-8(2)17-19-11/h5-6H,3-4H2,1-2H3,(H,14,18). The summed E-state index contributed by atoms with van der Waals surface area (Å²) in [6, 6.07) is 1.65. The van der Waals surface area contributed by atoms with Gasteiger partial charge in [0.15, 0.2) is 5.82 Å². The van der Waals surface area contributed by atoms with E-state index in [9.17, 15) is 4.79 Å². The van der Waals surface area contributed by atoms with Crippen LogP contribution in [0.3, 0.4) is 0 Å². The summed E-state index contributed by atoms with van der Waals surface area (Å²) in [5.41, 5.74) is 1.12. The summed E-state index contributed by atoms with van der Waals surface area (Å²) in [6.07, 6.45) is 1.94. The van der Waals surface area contributed by atoms with Crippen molar-refractivity contribution >= 4 is 17.5 Å². The van der Waals surface area contributed by atoms with Crippen molar-refractivity contribution in [1.29, 1.82) is 0 Å². The van der Waals surface area contributed by atoms with Crippen molar-refractivity contribution in [2.24, 2.45) is 0 Å². The SMILES string of the molecule is Cc1cc(Cl)c(C(=O)NCCc2nc(C)no2)cn1. The number of aryl methyl sites for hydroxylation is 2. The molecule has 0 unspecified atom stereocenters. The van der Waals surface area contributed by atoms with Crippen LogP contribution in [0.15, 0.2) is 16.8 Å². The lowest BCUT2D eigenvalue weighted by Gasteiger charge is -2.05. The molecule has 7 heteroatoms. The van der Waals surface area contributed by atoms with Crippen LogP contribution in [0.4, 0.5) is 0 Å². The zero-order valence-corrected chi connectivity index (χ0v) is 11.4. The lowest BCUT2D eigenvalue weighted by atomic mass is 10.2. The van der Waals surface area contributed by atoms with Crippen LogP contribution in [0.5, 0.6) is 0 Å². The van der Waals surface area contributed by atoms with Crippen molar-refractivity contribution in [2.45, 2.75) is 20.3 Å². The molecule has 0 fully saturated rings. The van der Waals surface area contributed by atoms with Gasteiger partial charge in [-0.25, -0.2) is 0 Å². The molecule has 0 aromatic carbocycles. The van der Waals surface area contributed by atoms with E-state index in [1.165, 1.54) is 6.20 Å². The van der Waals surface area contributed by atoms with E-state index in [0.29, 0.717) is 35.3 Å².